The van der Waals surface area contributed by atoms with E-state index in [1.54, 1.807) is 0 Å². The van der Waals surface area contributed by atoms with E-state index in [9.17, 15) is 0 Å². The highest BCUT2D eigenvalue weighted by molar-refractivity contribution is 6.23. The van der Waals surface area contributed by atoms with Crippen LogP contribution in [0.1, 0.15) is 0 Å². The van der Waals surface area contributed by atoms with Crippen LogP contribution < -0.4 is 0 Å². The summed E-state index contributed by atoms with van der Waals surface area (Å²) < 4.78 is 9.42. The quantitative estimate of drug-likeness (QED) is 0.198. The molecule has 0 bridgehead atoms. The predicted molar refractivity (Wildman–Crippen MR) is 197 cm³/mol. The molecule has 3 heterocycles. The maximum Gasteiger partial charge on any atom is 0.164 e. The first-order valence-electron chi connectivity index (χ1n) is 16.2. The van der Waals surface area contributed by atoms with Crippen LogP contribution in [-0.2, 0) is 0 Å². The summed E-state index contributed by atoms with van der Waals surface area (Å²) in [5.74, 6) is 0.628. The van der Waals surface area contributed by atoms with Crippen LogP contribution in [0.5, 0.6) is 0 Å². The molecule has 4 heteroatoms. The normalized spacial score (nSPS) is 11.8. The summed E-state index contributed by atoms with van der Waals surface area (Å²) in [7, 11) is 0. The Morgan fingerprint density at radius 2 is 0.979 bits per heavy atom. The van der Waals surface area contributed by atoms with E-state index in [-0.39, 0.29) is 0 Å². The fourth-order valence-electron chi connectivity index (χ4n) is 7.24. The van der Waals surface area contributed by atoms with Crippen molar-refractivity contribution in [3.8, 4) is 39.6 Å². The van der Waals surface area contributed by atoms with Gasteiger partial charge in [-0.25, -0.2) is 9.97 Å². The number of fused-ring (bicyclic) bond motifs is 8. The summed E-state index contributed by atoms with van der Waals surface area (Å²) >= 11 is 0. The van der Waals surface area contributed by atoms with Crippen LogP contribution in [0.3, 0.4) is 0 Å². The molecule has 0 aliphatic carbocycles. The van der Waals surface area contributed by atoms with Crippen molar-refractivity contribution in [3.05, 3.63) is 164 Å². The summed E-state index contributed by atoms with van der Waals surface area (Å²) in [5, 5.41) is 6.80. The molecular weight excluding hydrogens is 587 g/mol. The van der Waals surface area contributed by atoms with Gasteiger partial charge < -0.3 is 8.98 Å². The third-order valence-corrected chi connectivity index (χ3v) is 9.40. The summed E-state index contributed by atoms with van der Waals surface area (Å²) in [6.07, 6.45) is 0. The average molecular weight is 614 g/mol. The van der Waals surface area contributed by atoms with Gasteiger partial charge in [0.1, 0.15) is 5.58 Å². The monoisotopic (exact) mass is 613 g/mol. The number of hydrogen-bond donors (Lipinski definition) is 0. The molecule has 0 saturated heterocycles. The molecule has 48 heavy (non-hydrogen) atoms. The predicted octanol–water partition coefficient (Wildman–Crippen LogP) is 11.6. The number of hydrogen-bond acceptors (Lipinski definition) is 3. The SMILES string of the molecule is c1ccc(-c2cc(-c3ccccc3)nc(-c3cc4ccccc4c4c3oc3c(-n5c6ccccc6c6ccccc65)cccc34)n2)cc1. The zero-order valence-corrected chi connectivity index (χ0v) is 25.8. The van der Waals surface area contributed by atoms with Gasteiger partial charge >= 0.3 is 0 Å². The fourth-order valence-corrected chi connectivity index (χ4v) is 7.24. The van der Waals surface area contributed by atoms with Gasteiger partial charge in [-0.1, -0.05) is 133 Å². The second kappa shape index (κ2) is 10.5. The molecule has 4 nitrogen and oxygen atoms in total. The van der Waals surface area contributed by atoms with Gasteiger partial charge in [-0.05, 0) is 41.1 Å². The van der Waals surface area contributed by atoms with Gasteiger partial charge in [-0.3, -0.25) is 0 Å². The lowest BCUT2D eigenvalue weighted by Crippen LogP contribution is -1.96. The molecule has 10 aromatic rings. The van der Waals surface area contributed by atoms with Gasteiger partial charge in [0.05, 0.1) is 33.7 Å². The van der Waals surface area contributed by atoms with E-state index in [0.29, 0.717) is 5.82 Å². The smallest absolute Gasteiger partial charge is 0.164 e. The number of nitrogens with zero attached hydrogens (tertiary/aromatic N) is 3. The van der Waals surface area contributed by atoms with E-state index in [4.69, 9.17) is 14.4 Å². The van der Waals surface area contributed by atoms with Crippen molar-refractivity contribution >= 4 is 54.5 Å². The molecule has 7 aromatic carbocycles. The lowest BCUT2D eigenvalue weighted by Gasteiger charge is -2.11. The van der Waals surface area contributed by atoms with Crippen molar-refractivity contribution in [2.24, 2.45) is 0 Å². The Morgan fingerprint density at radius 1 is 0.438 bits per heavy atom. The molecule has 0 N–H and O–H groups in total. The first-order valence-corrected chi connectivity index (χ1v) is 16.2. The molecule has 0 unspecified atom stereocenters. The highest BCUT2D eigenvalue weighted by Gasteiger charge is 2.22. The van der Waals surface area contributed by atoms with Crippen LogP contribution in [0.25, 0.3) is 94.1 Å². The lowest BCUT2D eigenvalue weighted by atomic mass is 9.99. The number of aromatic nitrogens is 3. The third-order valence-electron chi connectivity index (χ3n) is 9.40. The van der Waals surface area contributed by atoms with Crippen LogP contribution in [0.15, 0.2) is 168 Å². The van der Waals surface area contributed by atoms with Crippen molar-refractivity contribution in [3.63, 3.8) is 0 Å². The van der Waals surface area contributed by atoms with Crippen LogP contribution >= 0.6 is 0 Å². The Morgan fingerprint density at radius 3 is 1.62 bits per heavy atom. The van der Waals surface area contributed by atoms with Crippen molar-refractivity contribution in [2.45, 2.75) is 0 Å². The van der Waals surface area contributed by atoms with Gasteiger partial charge in [0.2, 0.25) is 0 Å². The molecule has 0 aliphatic heterocycles. The second-order valence-electron chi connectivity index (χ2n) is 12.2. The molecule has 0 fully saturated rings. The van der Waals surface area contributed by atoms with Gasteiger partial charge in [0.15, 0.2) is 11.4 Å². The number of furan rings is 1. The zero-order chi connectivity index (χ0) is 31.6. The zero-order valence-electron chi connectivity index (χ0n) is 25.8. The molecule has 0 spiro atoms. The van der Waals surface area contributed by atoms with Crippen LogP contribution in [0, 0.1) is 0 Å². The summed E-state index contributed by atoms with van der Waals surface area (Å²) in [6, 6.07) is 57.0. The molecular formula is C44H27N3O. The molecule has 10 rings (SSSR count). The Kier molecular flexibility index (Phi) is 5.84. The standard InChI is InChI=1S/C44H27N3O/c1-3-14-28(15-4-1)36-27-37(29-16-5-2-6-17-29)46-44(45-36)35-26-30-18-7-8-19-31(30)41-34-22-13-25-40(42(34)48-43(35)41)47-38-23-11-9-20-32(38)33-21-10-12-24-39(33)47/h1-27H. The third kappa shape index (κ3) is 4.03. The minimum absolute atomic E-state index is 0.628. The molecule has 224 valence electrons. The first kappa shape index (κ1) is 26.7. The number of rotatable bonds is 4. The second-order valence-corrected chi connectivity index (χ2v) is 12.2. The van der Waals surface area contributed by atoms with Crippen molar-refractivity contribution in [1.29, 1.82) is 0 Å². The molecule has 0 amide bonds. The molecule has 0 saturated carbocycles. The van der Waals surface area contributed by atoms with E-state index in [0.717, 1.165) is 77.5 Å². The summed E-state index contributed by atoms with van der Waals surface area (Å²) in [6.45, 7) is 0. The molecule has 3 aromatic heterocycles. The van der Waals surface area contributed by atoms with Crippen molar-refractivity contribution in [1.82, 2.24) is 14.5 Å². The van der Waals surface area contributed by atoms with Gasteiger partial charge in [-0.15, -0.1) is 0 Å². The molecule has 0 aliphatic rings. The largest absolute Gasteiger partial charge is 0.453 e. The molecule has 0 atom stereocenters. The van der Waals surface area contributed by atoms with Gasteiger partial charge in [0, 0.05) is 32.7 Å². The van der Waals surface area contributed by atoms with E-state index in [2.05, 4.69) is 132 Å². The van der Waals surface area contributed by atoms with Gasteiger partial charge in [0.25, 0.3) is 0 Å². The number of para-hydroxylation sites is 3. The van der Waals surface area contributed by atoms with E-state index < -0.39 is 0 Å². The van der Waals surface area contributed by atoms with E-state index >= 15 is 0 Å². The fraction of sp³-hybridized carbons (Fsp3) is 0. The highest BCUT2D eigenvalue weighted by Crippen LogP contribution is 2.44. The Hall–Kier alpha value is -6.52. The first-order chi connectivity index (χ1) is 23.8. The minimum atomic E-state index is 0.628. The number of benzene rings is 7. The Labute approximate surface area is 276 Å². The van der Waals surface area contributed by atoms with Crippen molar-refractivity contribution < 1.29 is 4.42 Å². The Balaban J connectivity index is 1.31. The van der Waals surface area contributed by atoms with Crippen LogP contribution in [0.2, 0.25) is 0 Å². The van der Waals surface area contributed by atoms with E-state index in [1.165, 1.54) is 10.8 Å². The lowest BCUT2D eigenvalue weighted by molar-refractivity contribution is 0.667. The summed E-state index contributed by atoms with van der Waals surface area (Å²) in [5.41, 5.74) is 9.56. The van der Waals surface area contributed by atoms with Crippen LogP contribution in [0.4, 0.5) is 0 Å². The van der Waals surface area contributed by atoms with Crippen molar-refractivity contribution in [2.75, 3.05) is 0 Å². The maximum atomic E-state index is 7.09. The Bertz CT molecular complexity index is 2720. The topological polar surface area (TPSA) is 43.9 Å². The minimum Gasteiger partial charge on any atom is -0.453 e. The van der Waals surface area contributed by atoms with E-state index in [1.807, 2.05) is 36.4 Å². The van der Waals surface area contributed by atoms with Gasteiger partial charge in [-0.2, -0.15) is 0 Å². The highest BCUT2D eigenvalue weighted by atomic mass is 16.3. The average Bonchev–Trinajstić information content (AvgIpc) is 3.72. The molecule has 0 radical (unpaired) electrons. The van der Waals surface area contributed by atoms with Crippen LogP contribution in [-0.4, -0.2) is 14.5 Å². The maximum absolute atomic E-state index is 7.09. The summed E-state index contributed by atoms with van der Waals surface area (Å²) in [4.78, 5) is 10.4.